The van der Waals surface area contributed by atoms with Gasteiger partial charge < -0.3 is 10.6 Å². The van der Waals surface area contributed by atoms with E-state index in [-0.39, 0.29) is 11.9 Å². The molecule has 1 unspecified atom stereocenters. The molecule has 1 aliphatic carbocycles. The third kappa shape index (κ3) is 3.98. The average molecular weight is 278 g/mol. The van der Waals surface area contributed by atoms with Crippen molar-refractivity contribution in [2.75, 3.05) is 18.1 Å². The lowest BCUT2D eigenvalue weighted by Crippen LogP contribution is -2.41. The fraction of sp³-hybridized carbons (Fsp3) is 0.533. The summed E-state index contributed by atoms with van der Waals surface area (Å²) >= 11 is 1.90. The zero-order valence-electron chi connectivity index (χ0n) is 11.8. The molecule has 1 fully saturated rings. The minimum absolute atomic E-state index is 0.0285. The van der Waals surface area contributed by atoms with E-state index < -0.39 is 0 Å². The molecule has 0 saturated heterocycles. The second-order valence-electron chi connectivity index (χ2n) is 5.35. The molecule has 0 heterocycles. The van der Waals surface area contributed by atoms with Gasteiger partial charge in [0, 0.05) is 17.0 Å². The molecule has 19 heavy (non-hydrogen) atoms. The lowest BCUT2D eigenvalue weighted by molar-refractivity contribution is -0.117. The Kier molecular flexibility index (Phi) is 4.53. The highest BCUT2D eigenvalue weighted by atomic mass is 32.2. The van der Waals surface area contributed by atoms with Crippen LogP contribution in [-0.4, -0.2) is 29.5 Å². The third-order valence-electron chi connectivity index (χ3n) is 3.68. The fourth-order valence-electron chi connectivity index (χ4n) is 1.91. The monoisotopic (exact) mass is 278 g/mol. The van der Waals surface area contributed by atoms with Crippen molar-refractivity contribution < 1.29 is 4.79 Å². The number of benzene rings is 1. The summed E-state index contributed by atoms with van der Waals surface area (Å²) in [5.41, 5.74) is 2.05. The van der Waals surface area contributed by atoms with Crippen molar-refractivity contribution in [2.45, 2.75) is 37.5 Å². The number of carbonyl (C=O) groups excluding carboxylic acids is 1. The Bertz CT molecular complexity index is 440. The predicted molar refractivity (Wildman–Crippen MR) is 82.8 cm³/mol. The van der Waals surface area contributed by atoms with Crippen LogP contribution in [-0.2, 0) is 4.79 Å². The Morgan fingerprint density at radius 1 is 1.37 bits per heavy atom. The zero-order chi connectivity index (χ0) is 13.9. The van der Waals surface area contributed by atoms with Crippen LogP contribution >= 0.6 is 11.8 Å². The number of rotatable bonds is 6. The van der Waals surface area contributed by atoms with Crippen LogP contribution in [0.5, 0.6) is 0 Å². The van der Waals surface area contributed by atoms with Crippen LogP contribution in [0.2, 0.25) is 0 Å². The maximum absolute atomic E-state index is 12.0. The van der Waals surface area contributed by atoms with Gasteiger partial charge >= 0.3 is 0 Å². The molecule has 0 aliphatic heterocycles. The van der Waals surface area contributed by atoms with Gasteiger partial charge in [0.05, 0.1) is 6.04 Å². The highest BCUT2D eigenvalue weighted by molar-refractivity contribution is 8.00. The number of nitrogens with one attached hydrogen (secondary N) is 2. The number of aryl methyl sites for hydroxylation is 1. The molecule has 1 amide bonds. The van der Waals surface area contributed by atoms with Gasteiger partial charge in [0.1, 0.15) is 0 Å². The standard InChI is InChI=1S/C15H22N2OS/c1-11-4-6-13(7-5-11)17-14(18)12(2)16-10-15(19-3)8-9-15/h4-7,12,16H,8-10H2,1-3H3,(H,17,18). The number of hydrogen-bond donors (Lipinski definition) is 2. The average Bonchev–Trinajstić information content (AvgIpc) is 3.19. The third-order valence-corrected chi connectivity index (χ3v) is 5.10. The van der Waals surface area contributed by atoms with Crippen molar-refractivity contribution in [3.63, 3.8) is 0 Å². The Balaban J connectivity index is 1.80. The molecule has 1 aromatic rings. The van der Waals surface area contributed by atoms with Gasteiger partial charge in [0.2, 0.25) is 5.91 Å². The van der Waals surface area contributed by atoms with Crippen molar-refractivity contribution >= 4 is 23.4 Å². The van der Waals surface area contributed by atoms with Crippen LogP contribution in [0, 0.1) is 6.92 Å². The maximum atomic E-state index is 12.0. The smallest absolute Gasteiger partial charge is 0.241 e. The highest BCUT2D eigenvalue weighted by Crippen LogP contribution is 2.46. The summed E-state index contributed by atoms with van der Waals surface area (Å²) in [5, 5.41) is 6.27. The lowest BCUT2D eigenvalue weighted by Gasteiger charge is -2.18. The van der Waals surface area contributed by atoms with Crippen LogP contribution in [0.25, 0.3) is 0 Å². The van der Waals surface area contributed by atoms with E-state index in [0.717, 1.165) is 12.2 Å². The summed E-state index contributed by atoms with van der Waals surface area (Å²) in [6, 6.07) is 7.71. The van der Waals surface area contributed by atoms with Crippen LogP contribution < -0.4 is 10.6 Å². The Morgan fingerprint density at radius 2 is 2.00 bits per heavy atom. The van der Waals surface area contributed by atoms with Crippen molar-refractivity contribution in [3.05, 3.63) is 29.8 Å². The normalized spacial score (nSPS) is 17.8. The SMILES string of the molecule is CSC1(CNC(C)C(=O)Nc2ccc(C)cc2)CC1. The first-order chi connectivity index (χ1) is 9.04. The summed E-state index contributed by atoms with van der Waals surface area (Å²) in [5.74, 6) is 0.0285. The number of carbonyl (C=O) groups is 1. The number of amides is 1. The van der Waals surface area contributed by atoms with E-state index in [0.29, 0.717) is 4.75 Å². The van der Waals surface area contributed by atoms with Gasteiger partial charge in [0.25, 0.3) is 0 Å². The molecule has 2 N–H and O–H groups in total. The summed E-state index contributed by atoms with van der Waals surface area (Å²) in [4.78, 5) is 12.0. The van der Waals surface area contributed by atoms with Crippen LogP contribution in [0.15, 0.2) is 24.3 Å². The molecule has 1 saturated carbocycles. The number of thioether (sulfide) groups is 1. The van der Waals surface area contributed by atoms with Crippen molar-refractivity contribution in [2.24, 2.45) is 0 Å². The van der Waals surface area contributed by atoms with Gasteiger partial charge in [-0.05, 0) is 45.1 Å². The Morgan fingerprint density at radius 3 is 2.53 bits per heavy atom. The maximum Gasteiger partial charge on any atom is 0.241 e. The predicted octanol–water partition coefficient (Wildman–Crippen LogP) is 2.81. The first-order valence-electron chi connectivity index (χ1n) is 6.71. The van der Waals surface area contributed by atoms with Crippen LogP contribution in [0.4, 0.5) is 5.69 Å². The van der Waals surface area contributed by atoms with Crippen LogP contribution in [0.1, 0.15) is 25.3 Å². The van der Waals surface area contributed by atoms with E-state index in [1.54, 1.807) is 0 Å². The largest absolute Gasteiger partial charge is 0.325 e. The molecule has 4 heteroatoms. The zero-order valence-corrected chi connectivity index (χ0v) is 12.6. The molecule has 2 rings (SSSR count). The Hall–Kier alpha value is -1.00. The van der Waals surface area contributed by atoms with E-state index in [1.807, 2.05) is 49.9 Å². The minimum Gasteiger partial charge on any atom is -0.325 e. The van der Waals surface area contributed by atoms with Crippen molar-refractivity contribution in [1.82, 2.24) is 5.32 Å². The molecule has 0 spiro atoms. The number of hydrogen-bond acceptors (Lipinski definition) is 3. The lowest BCUT2D eigenvalue weighted by atomic mass is 10.2. The van der Waals surface area contributed by atoms with Gasteiger partial charge in [-0.2, -0.15) is 11.8 Å². The van der Waals surface area contributed by atoms with Gasteiger partial charge in [0.15, 0.2) is 0 Å². The molecule has 0 radical (unpaired) electrons. The molecule has 1 aromatic carbocycles. The van der Waals surface area contributed by atoms with Crippen molar-refractivity contribution in [1.29, 1.82) is 0 Å². The molecule has 1 atom stereocenters. The fourth-order valence-corrected chi connectivity index (χ4v) is 2.65. The first-order valence-corrected chi connectivity index (χ1v) is 7.93. The summed E-state index contributed by atoms with van der Waals surface area (Å²) < 4.78 is 0.387. The van der Waals surface area contributed by atoms with Crippen LogP contribution in [0.3, 0.4) is 0 Å². The van der Waals surface area contributed by atoms with E-state index in [4.69, 9.17) is 0 Å². The van der Waals surface area contributed by atoms with Gasteiger partial charge in [-0.25, -0.2) is 0 Å². The highest BCUT2D eigenvalue weighted by Gasteiger charge is 2.41. The topological polar surface area (TPSA) is 41.1 Å². The molecular weight excluding hydrogens is 256 g/mol. The molecule has 0 bridgehead atoms. The molecule has 0 aromatic heterocycles. The quantitative estimate of drug-likeness (QED) is 0.840. The van der Waals surface area contributed by atoms with Gasteiger partial charge in [-0.3, -0.25) is 4.79 Å². The second kappa shape index (κ2) is 5.97. The van der Waals surface area contributed by atoms with Gasteiger partial charge in [-0.15, -0.1) is 0 Å². The van der Waals surface area contributed by atoms with Gasteiger partial charge in [-0.1, -0.05) is 17.7 Å². The Labute approximate surface area is 119 Å². The molecule has 1 aliphatic rings. The molecular formula is C15H22N2OS. The van der Waals surface area contributed by atoms with E-state index >= 15 is 0 Å². The second-order valence-corrected chi connectivity index (χ2v) is 6.62. The molecule has 104 valence electrons. The number of anilines is 1. The first kappa shape index (κ1) is 14.4. The van der Waals surface area contributed by atoms with E-state index in [9.17, 15) is 4.79 Å². The van der Waals surface area contributed by atoms with Crippen molar-refractivity contribution in [3.8, 4) is 0 Å². The van der Waals surface area contributed by atoms with E-state index in [2.05, 4.69) is 16.9 Å². The molecule has 3 nitrogen and oxygen atoms in total. The summed E-state index contributed by atoms with van der Waals surface area (Å²) in [6.45, 7) is 4.86. The van der Waals surface area contributed by atoms with E-state index in [1.165, 1.54) is 18.4 Å². The summed E-state index contributed by atoms with van der Waals surface area (Å²) in [7, 11) is 0. The minimum atomic E-state index is -0.161. The summed E-state index contributed by atoms with van der Waals surface area (Å²) in [6.07, 6.45) is 4.66.